The molecule has 1 unspecified atom stereocenters. The van der Waals surface area contributed by atoms with Crippen molar-refractivity contribution >= 4 is 23.2 Å². The number of aliphatic hydroxyl groups is 1. The third-order valence-corrected chi connectivity index (χ3v) is 3.47. The van der Waals surface area contributed by atoms with Gasteiger partial charge in [0.15, 0.2) is 0 Å². The van der Waals surface area contributed by atoms with Crippen molar-refractivity contribution in [2.24, 2.45) is 5.41 Å². The highest BCUT2D eigenvalue weighted by atomic mass is 35.5. The minimum absolute atomic E-state index is 0.183. The van der Waals surface area contributed by atoms with Gasteiger partial charge in [0.1, 0.15) is 0 Å². The molecule has 1 N–H and O–H groups in total. The van der Waals surface area contributed by atoms with E-state index in [2.05, 4.69) is 0 Å². The number of hydrogen-bond acceptors (Lipinski definition) is 1. The molecule has 1 nitrogen and oxygen atoms in total. The lowest BCUT2D eigenvalue weighted by Gasteiger charge is -2.30. The van der Waals surface area contributed by atoms with Crippen LogP contribution in [0, 0.1) is 5.41 Å². The molecule has 3 heteroatoms. The molecule has 0 aliphatic heterocycles. The van der Waals surface area contributed by atoms with E-state index in [1.165, 1.54) is 0 Å². The van der Waals surface area contributed by atoms with Crippen LogP contribution >= 0.6 is 23.2 Å². The van der Waals surface area contributed by atoms with E-state index in [4.69, 9.17) is 23.2 Å². The van der Waals surface area contributed by atoms with Gasteiger partial charge in [-0.25, -0.2) is 0 Å². The van der Waals surface area contributed by atoms with Gasteiger partial charge in [0.25, 0.3) is 0 Å². The van der Waals surface area contributed by atoms with Gasteiger partial charge >= 0.3 is 0 Å². The molecule has 0 aliphatic rings. The van der Waals surface area contributed by atoms with Crippen LogP contribution in [0.4, 0.5) is 0 Å². The fraction of sp³-hybridized carbons (Fsp3) is 0.500. The molecule has 1 atom stereocenters. The zero-order valence-corrected chi connectivity index (χ0v) is 10.7. The standard InChI is InChI=1S/C12H16Cl2O/c1-4-12(2,3)11(15)9-6-5-8(13)7-10(9)14/h5-7,11,15H,4H2,1-3H3. The van der Waals surface area contributed by atoms with Crippen molar-refractivity contribution in [3.05, 3.63) is 33.8 Å². The Balaban J connectivity index is 3.06. The van der Waals surface area contributed by atoms with Gasteiger partial charge in [-0.3, -0.25) is 0 Å². The highest BCUT2D eigenvalue weighted by Crippen LogP contribution is 2.39. The zero-order chi connectivity index (χ0) is 11.6. The SMILES string of the molecule is CCC(C)(C)C(O)c1ccc(Cl)cc1Cl. The summed E-state index contributed by atoms with van der Waals surface area (Å²) in [5.74, 6) is 0. The summed E-state index contributed by atoms with van der Waals surface area (Å²) in [6, 6.07) is 5.19. The molecule has 1 rings (SSSR count). The van der Waals surface area contributed by atoms with E-state index < -0.39 is 6.10 Å². The van der Waals surface area contributed by atoms with Crippen molar-refractivity contribution in [3.63, 3.8) is 0 Å². The van der Waals surface area contributed by atoms with Crippen molar-refractivity contribution in [2.75, 3.05) is 0 Å². The monoisotopic (exact) mass is 246 g/mol. The van der Waals surface area contributed by atoms with E-state index >= 15 is 0 Å². The lowest BCUT2D eigenvalue weighted by Crippen LogP contribution is -2.21. The summed E-state index contributed by atoms with van der Waals surface area (Å²) in [4.78, 5) is 0. The molecule has 15 heavy (non-hydrogen) atoms. The highest BCUT2D eigenvalue weighted by Gasteiger charge is 2.28. The number of benzene rings is 1. The Kier molecular flexibility index (Phi) is 4.05. The van der Waals surface area contributed by atoms with Gasteiger partial charge < -0.3 is 5.11 Å². The first kappa shape index (κ1) is 12.8. The third kappa shape index (κ3) is 2.87. The summed E-state index contributed by atoms with van der Waals surface area (Å²) < 4.78 is 0. The lowest BCUT2D eigenvalue weighted by molar-refractivity contribution is 0.0466. The molecule has 0 aliphatic carbocycles. The fourth-order valence-electron chi connectivity index (χ4n) is 1.34. The first-order valence-corrected chi connectivity index (χ1v) is 5.77. The van der Waals surface area contributed by atoms with E-state index in [1.54, 1.807) is 18.2 Å². The first-order valence-electron chi connectivity index (χ1n) is 5.01. The second kappa shape index (κ2) is 4.73. The second-order valence-corrected chi connectivity index (χ2v) is 5.25. The van der Waals surface area contributed by atoms with Gasteiger partial charge in [-0.05, 0) is 29.5 Å². The van der Waals surface area contributed by atoms with Crippen LogP contribution in [0.1, 0.15) is 38.9 Å². The zero-order valence-electron chi connectivity index (χ0n) is 9.22. The van der Waals surface area contributed by atoms with Crippen LogP contribution in [0.5, 0.6) is 0 Å². The molecule has 0 bridgehead atoms. The van der Waals surface area contributed by atoms with Crippen molar-refractivity contribution in [3.8, 4) is 0 Å². The number of rotatable bonds is 3. The summed E-state index contributed by atoms with van der Waals surface area (Å²) in [6.07, 6.45) is 0.319. The molecule has 0 saturated carbocycles. The molecule has 84 valence electrons. The Hall–Kier alpha value is -0.240. The van der Waals surface area contributed by atoms with Crippen molar-refractivity contribution in [1.82, 2.24) is 0 Å². The predicted molar refractivity (Wildman–Crippen MR) is 65.5 cm³/mol. The quantitative estimate of drug-likeness (QED) is 0.835. The normalized spacial score (nSPS) is 14.0. The Morgan fingerprint density at radius 1 is 1.33 bits per heavy atom. The van der Waals surface area contributed by atoms with Crippen LogP contribution in [-0.4, -0.2) is 5.11 Å². The Morgan fingerprint density at radius 2 is 1.93 bits per heavy atom. The molecule has 1 aromatic carbocycles. The van der Waals surface area contributed by atoms with Gasteiger partial charge in [-0.1, -0.05) is 50.0 Å². The average molecular weight is 247 g/mol. The van der Waals surface area contributed by atoms with Crippen molar-refractivity contribution in [1.29, 1.82) is 0 Å². The summed E-state index contributed by atoms with van der Waals surface area (Å²) in [6.45, 7) is 6.08. The van der Waals surface area contributed by atoms with Gasteiger partial charge in [0, 0.05) is 10.0 Å². The largest absolute Gasteiger partial charge is 0.388 e. The Morgan fingerprint density at radius 3 is 2.40 bits per heavy atom. The molecule has 0 spiro atoms. The van der Waals surface area contributed by atoms with Crippen LogP contribution < -0.4 is 0 Å². The predicted octanol–water partition coefficient (Wildman–Crippen LogP) is 4.46. The number of halogens is 2. The van der Waals surface area contributed by atoms with Gasteiger partial charge in [-0.2, -0.15) is 0 Å². The van der Waals surface area contributed by atoms with E-state index in [0.29, 0.717) is 10.0 Å². The third-order valence-electron chi connectivity index (χ3n) is 2.91. The van der Waals surface area contributed by atoms with Crippen molar-refractivity contribution < 1.29 is 5.11 Å². The Bertz CT molecular complexity index is 347. The molecule has 0 aromatic heterocycles. The molecular formula is C12H16Cl2O. The second-order valence-electron chi connectivity index (χ2n) is 4.41. The maximum absolute atomic E-state index is 10.2. The van der Waals surface area contributed by atoms with Crippen LogP contribution in [0.25, 0.3) is 0 Å². The summed E-state index contributed by atoms with van der Waals surface area (Å²) in [7, 11) is 0. The summed E-state index contributed by atoms with van der Waals surface area (Å²) >= 11 is 11.8. The molecule has 0 amide bonds. The molecule has 1 aromatic rings. The lowest BCUT2D eigenvalue weighted by atomic mass is 9.80. The highest BCUT2D eigenvalue weighted by molar-refractivity contribution is 6.35. The maximum Gasteiger partial charge on any atom is 0.0855 e. The molecule has 0 heterocycles. The van der Waals surface area contributed by atoms with Gasteiger partial charge in [0.05, 0.1) is 6.10 Å². The van der Waals surface area contributed by atoms with E-state index in [1.807, 2.05) is 20.8 Å². The maximum atomic E-state index is 10.2. The average Bonchev–Trinajstić information content (AvgIpc) is 2.17. The summed E-state index contributed by atoms with van der Waals surface area (Å²) in [5.41, 5.74) is 0.560. The first-order chi connectivity index (χ1) is 6.88. The van der Waals surface area contributed by atoms with Crippen molar-refractivity contribution in [2.45, 2.75) is 33.3 Å². The molecule has 0 saturated heterocycles. The Labute approximate surface area is 101 Å². The molecular weight excluding hydrogens is 231 g/mol. The number of hydrogen-bond donors (Lipinski definition) is 1. The topological polar surface area (TPSA) is 20.2 Å². The van der Waals surface area contributed by atoms with Crippen LogP contribution in [0.3, 0.4) is 0 Å². The summed E-state index contributed by atoms with van der Waals surface area (Å²) in [5, 5.41) is 11.3. The van der Waals surface area contributed by atoms with Crippen LogP contribution in [-0.2, 0) is 0 Å². The van der Waals surface area contributed by atoms with Crippen LogP contribution in [0.15, 0.2) is 18.2 Å². The fourth-order valence-corrected chi connectivity index (χ4v) is 1.85. The molecule has 0 fully saturated rings. The van der Waals surface area contributed by atoms with E-state index in [-0.39, 0.29) is 5.41 Å². The smallest absolute Gasteiger partial charge is 0.0855 e. The minimum Gasteiger partial charge on any atom is -0.388 e. The van der Waals surface area contributed by atoms with E-state index in [0.717, 1.165) is 12.0 Å². The van der Waals surface area contributed by atoms with E-state index in [9.17, 15) is 5.11 Å². The molecule has 0 radical (unpaired) electrons. The van der Waals surface area contributed by atoms with Gasteiger partial charge in [0.2, 0.25) is 0 Å². The number of aliphatic hydroxyl groups excluding tert-OH is 1. The van der Waals surface area contributed by atoms with Crippen LogP contribution in [0.2, 0.25) is 10.0 Å². The minimum atomic E-state index is -0.563. The van der Waals surface area contributed by atoms with Gasteiger partial charge in [-0.15, -0.1) is 0 Å².